The molecule has 3 N–H and O–H groups in total. The summed E-state index contributed by atoms with van der Waals surface area (Å²) in [6.07, 6.45) is -4.56. The molecule has 2 rings (SSSR count). The SMILES string of the molecule is Nc1nc(Nc2ccc(I)cc2)cc(C(F)(F)F)n1. The maximum absolute atomic E-state index is 12.6. The molecule has 0 atom stereocenters. The number of nitrogens with two attached hydrogens (primary N) is 1. The molecule has 1 aromatic heterocycles. The van der Waals surface area contributed by atoms with Crippen molar-refractivity contribution >= 4 is 40.0 Å². The fourth-order valence-electron chi connectivity index (χ4n) is 1.36. The molecule has 0 unspecified atom stereocenters. The molecule has 0 aliphatic carbocycles. The highest BCUT2D eigenvalue weighted by molar-refractivity contribution is 14.1. The second-order valence-electron chi connectivity index (χ2n) is 3.63. The van der Waals surface area contributed by atoms with Crippen LogP contribution in [0.3, 0.4) is 0 Å². The number of nitrogens with one attached hydrogen (secondary N) is 1. The summed E-state index contributed by atoms with van der Waals surface area (Å²) in [5.41, 5.74) is 4.81. The standard InChI is InChI=1S/C11H8F3IN4/c12-11(13,14)8-5-9(19-10(16)18-8)17-7-3-1-6(15)2-4-7/h1-5H,(H3,16,17,18,19). The molecule has 19 heavy (non-hydrogen) atoms. The molecule has 0 amide bonds. The monoisotopic (exact) mass is 380 g/mol. The lowest BCUT2D eigenvalue weighted by atomic mass is 10.3. The summed E-state index contributed by atoms with van der Waals surface area (Å²) in [7, 11) is 0. The Bertz CT molecular complexity index is 583. The highest BCUT2D eigenvalue weighted by Gasteiger charge is 2.33. The zero-order chi connectivity index (χ0) is 14.0. The average Bonchev–Trinajstić information content (AvgIpc) is 2.30. The van der Waals surface area contributed by atoms with E-state index in [9.17, 15) is 13.2 Å². The molecule has 0 aliphatic heterocycles. The molecular weight excluding hydrogens is 372 g/mol. The molecule has 0 saturated heterocycles. The van der Waals surface area contributed by atoms with Crippen molar-refractivity contribution in [1.29, 1.82) is 0 Å². The van der Waals surface area contributed by atoms with E-state index in [0.717, 1.165) is 9.64 Å². The highest BCUT2D eigenvalue weighted by Crippen LogP contribution is 2.29. The summed E-state index contributed by atoms with van der Waals surface area (Å²) >= 11 is 2.13. The lowest BCUT2D eigenvalue weighted by molar-refractivity contribution is -0.141. The molecular formula is C11H8F3IN4. The van der Waals surface area contributed by atoms with Gasteiger partial charge in [0.2, 0.25) is 5.95 Å². The summed E-state index contributed by atoms with van der Waals surface area (Å²) in [6, 6.07) is 7.91. The van der Waals surface area contributed by atoms with Gasteiger partial charge < -0.3 is 11.1 Å². The first-order valence-corrected chi connectivity index (χ1v) is 6.17. The number of halogens is 4. The van der Waals surface area contributed by atoms with E-state index in [2.05, 4.69) is 37.9 Å². The Balaban J connectivity index is 2.30. The van der Waals surface area contributed by atoms with E-state index in [0.29, 0.717) is 5.69 Å². The van der Waals surface area contributed by atoms with Gasteiger partial charge in [0.15, 0.2) is 5.69 Å². The first-order valence-electron chi connectivity index (χ1n) is 5.09. The van der Waals surface area contributed by atoms with Crippen LogP contribution in [-0.2, 0) is 6.18 Å². The third kappa shape index (κ3) is 3.69. The van der Waals surface area contributed by atoms with Gasteiger partial charge in [-0.3, -0.25) is 0 Å². The Morgan fingerprint density at radius 2 is 1.74 bits per heavy atom. The molecule has 8 heteroatoms. The van der Waals surface area contributed by atoms with E-state index < -0.39 is 17.8 Å². The zero-order valence-corrected chi connectivity index (χ0v) is 11.5. The molecule has 0 aliphatic rings. The fourth-order valence-corrected chi connectivity index (χ4v) is 1.72. The molecule has 1 heterocycles. The van der Waals surface area contributed by atoms with Crippen molar-refractivity contribution in [2.24, 2.45) is 0 Å². The minimum atomic E-state index is -4.56. The second kappa shape index (κ2) is 5.19. The van der Waals surface area contributed by atoms with Crippen LogP contribution in [0.2, 0.25) is 0 Å². The van der Waals surface area contributed by atoms with E-state index in [4.69, 9.17) is 5.73 Å². The van der Waals surface area contributed by atoms with Crippen molar-refractivity contribution in [2.45, 2.75) is 6.18 Å². The topological polar surface area (TPSA) is 63.8 Å². The van der Waals surface area contributed by atoms with Crippen molar-refractivity contribution in [3.05, 3.63) is 39.6 Å². The van der Waals surface area contributed by atoms with Crippen molar-refractivity contribution in [1.82, 2.24) is 9.97 Å². The van der Waals surface area contributed by atoms with Crippen LogP contribution in [0.25, 0.3) is 0 Å². The molecule has 0 radical (unpaired) electrons. The minimum absolute atomic E-state index is 0.000957. The van der Waals surface area contributed by atoms with Crippen molar-refractivity contribution in [3.8, 4) is 0 Å². The van der Waals surface area contributed by atoms with Gasteiger partial charge in [-0.2, -0.15) is 18.2 Å². The maximum Gasteiger partial charge on any atom is 0.433 e. The predicted octanol–water partition coefficient (Wildman–Crippen LogP) is 3.43. The molecule has 1 aromatic carbocycles. The van der Waals surface area contributed by atoms with Crippen LogP contribution >= 0.6 is 22.6 Å². The van der Waals surface area contributed by atoms with Gasteiger partial charge >= 0.3 is 6.18 Å². The Kier molecular flexibility index (Phi) is 3.78. The predicted molar refractivity (Wildman–Crippen MR) is 73.9 cm³/mol. The molecule has 4 nitrogen and oxygen atoms in total. The van der Waals surface area contributed by atoms with E-state index in [1.807, 2.05) is 12.1 Å². The van der Waals surface area contributed by atoms with Gasteiger partial charge in [-0.15, -0.1) is 0 Å². The molecule has 2 aromatic rings. The Morgan fingerprint density at radius 3 is 2.32 bits per heavy atom. The van der Waals surface area contributed by atoms with Crippen LogP contribution in [0.5, 0.6) is 0 Å². The zero-order valence-electron chi connectivity index (χ0n) is 9.37. The Morgan fingerprint density at radius 1 is 1.11 bits per heavy atom. The van der Waals surface area contributed by atoms with Crippen LogP contribution in [-0.4, -0.2) is 9.97 Å². The number of nitrogen functional groups attached to an aromatic ring is 1. The fraction of sp³-hybridized carbons (Fsp3) is 0.0909. The van der Waals surface area contributed by atoms with Crippen LogP contribution in [0.1, 0.15) is 5.69 Å². The van der Waals surface area contributed by atoms with Crippen LogP contribution in [0.4, 0.5) is 30.6 Å². The third-order valence-corrected chi connectivity index (χ3v) is 2.87. The van der Waals surface area contributed by atoms with Crippen LogP contribution < -0.4 is 11.1 Å². The molecule has 0 fully saturated rings. The van der Waals surface area contributed by atoms with Crippen LogP contribution in [0.15, 0.2) is 30.3 Å². The van der Waals surface area contributed by atoms with E-state index in [-0.39, 0.29) is 5.82 Å². The average molecular weight is 380 g/mol. The quantitative estimate of drug-likeness (QED) is 0.784. The lowest BCUT2D eigenvalue weighted by Crippen LogP contribution is -2.12. The van der Waals surface area contributed by atoms with Crippen molar-refractivity contribution < 1.29 is 13.2 Å². The largest absolute Gasteiger partial charge is 0.433 e. The van der Waals surface area contributed by atoms with E-state index in [1.165, 1.54) is 0 Å². The molecule has 0 bridgehead atoms. The minimum Gasteiger partial charge on any atom is -0.368 e. The smallest absolute Gasteiger partial charge is 0.368 e. The number of hydrogen-bond acceptors (Lipinski definition) is 4. The van der Waals surface area contributed by atoms with Gasteiger partial charge in [0, 0.05) is 15.3 Å². The highest BCUT2D eigenvalue weighted by atomic mass is 127. The summed E-state index contributed by atoms with van der Waals surface area (Å²) in [5.74, 6) is -0.427. The number of anilines is 3. The molecule has 100 valence electrons. The first-order chi connectivity index (χ1) is 8.84. The maximum atomic E-state index is 12.6. The number of alkyl halides is 3. The number of aromatic nitrogens is 2. The summed E-state index contributed by atoms with van der Waals surface area (Å²) in [6.45, 7) is 0. The Hall–Kier alpha value is -1.58. The third-order valence-electron chi connectivity index (χ3n) is 2.15. The number of hydrogen-bond donors (Lipinski definition) is 2. The van der Waals surface area contributed by atoms with Crippen molar-refractivity contribution in [2.75, 3.05) is 11.1 Å². The summed E-state index contributed by atoms with van der Waals surface area (Å²) in [4.78, 5) is 6.88. The Labute approximate surface area is 120 Å². The number of benzene rings is 1. The first kappa shape index (κ1) is 13.8. The molecule has 0 saturated carbocycles. The van der Waals surface area contributed by atoms with Gasteiger partial charge in [0.05, 0.1) is 0 Å². The normalized spacial score (nSPS) is 11.4. The summed E-state index contributed by atoms with van der Waals surface area (Å²) in [5, 5.41) is 2.75. The summed E-state index contributed by atoms with van der Waals surface area (Å²) < 4.78 is 38.7. The van der Waals surface area contributed by atoms with Gasteiger partial charge in [-0.1, -0.05) is 0 Å². The number of nitrogens with zero attached hydrogens (tertiary/aromatic N) is 2. The second-order valence-corrected chi connectivity index (χ2v) is 4.87. The molecule has 0 spiro atoms. The van der Waals surface area contributed by atoms with E-state index in [1.54, 1.807) is 12.1 Å². The van der Waals surface area contributed by atoms with Crippen molar-refractivity contribution in [3.63, 3.8) is 0 Å². The lowest BCUT2D eigenvalue weighted by Gasteiger charge is -2.10. The van der Waals surface area contributed by atoms with Crippen LogP contribution in [0, 0.1) is 3.57 Å². The van der Waals surface area contributed by atoms with Gasteiger partial charge in [0.25, 0.3) is 0 Å². The van der Waals surface area contributed by atoms with E-state index >= 15 is 0 Å². The van der Waals surface area contributed by atoms with Gasteiger partial charge in [-0.05, 0) is 46.9 Å². The van der Waals surface area contributed by atoms with Gasteiger partial charge in [0.1, 0.15) is 5.82 Å². The van der Waals surface area contributed by atoms with Gasteiger partial charge in [-0.25, -0.2) is 4.98 Å². The number of rotatable bonds is 2.